The highest BCUT2D eigenvalue weighted by atomic mass is 16.3. The van der Waals surface area contributed by atoms with E-state index in [2.05, 4.69) is 10.2 Å². The lowest BCUT2D eigenvalue weighted by molar-refractivity contribution is -0.139. The first-order chi connectivity index (χ1) is 14.9. The van der Waals surface area contributed by atoms with Gasteiger partial charge < -0.3 is 20.4 Å². The Balaban J connectivity index is 1.57. The van der Waals surface area contributed by atoms with Crippen molar-refractivity contribution in [3.05, 3.63) is 48.0 Å². The third kappa shape index (κ3) is 4.42. The van der Waals surface area contributed by atoms with Gasteiger partial charge in [0, 0.05) is 30.9 Å². The van der Waals surface area contributed by atoms with Gasteiger partial charge in [-0.2, -0.15) is 0 Å². The van der Waals surface area contributed by atoms with E-state index in [0.29, 0.717) is 30.0 Å². The molecule has 0 spiro atoms. The van der Waals surface area contributed by atoms with Gasteiger partial charge in [-0.1, -0.05) is 31.2 Å². The smallest absolute Gasteiger partial charge is 0.251 e. The Morgan fingerprint density at radius 2 is 2.00 bits per heavy atom. The number of aliphatic hydroxyl groups is 2. The Morgan fingerprint density at radius 1 is 1.26 bits per heavy atom. The quantitative estimate of drug-likeness (QED) is 0.682. The number of aliphatic hydroxyl groups excluding tert-OH is 1. The molecule has 1 aromatic carbocycles. The second-order valence-corrected chi connectivity index (χ2v) is 8.55. The highest BCUT2D eigenvalue weighted by Gasteiger charge is 2.31. The van der Waals surface area contributed by atoms with Crippen LogP contribution in [0, 0.1) is 0 Å². The molecule has 4 rings (SSSR count). The first-order valence-electron chi connectivity index (χ1n) is 11.0. The zero-order valence-corrected chi connectivity index (χ0v) is 18.1. The molecule has 164 valence electrons. The Kier molecular flexibility index (Phi) is 5.96. The number of rotatable bonds is 5. The van der Waals surface area contributed by atoms with Crippen molar-refractivity contribution in [2.45, 2.75) is 57.6 Å². The molecule has 1 fully saturated rings. The number of fused-ring (bicyclic) bond motifs is 1. The maximum Gasteiger partial charge on any atom is 0.251 e. The summed E-state index contributed by atoms with van der Waals surface area (Å²) in [4.78, 5) is 24.1. The summed E-state index contributed by atoms with van der Waals surface area (Å²) in [5.41, 5.74) is 0.191. The number of hydrogen-bond donors (Lipinski definition) is 3. The van der Waals surface area contributed by atoms with E-state index in [9.17, 15) is 15.0 Å². The first-order valence-corrected chi connectivity index (χ1v) is 11.0. The molecule has 0 radical (unpaired) electrons. The van der Waals surface area contributed by atoms with Crippen molar-refractivity contribution in [3.63, 3.8) is 0 Å². The molecule has 1 aromatic heterocycles. The molecule has 7 heteroatoms. The number of para-hydroxylation sites is 1. The predicted octanol–water partition coefficient (Wildman–Crippen LogP) is 3.49. The molecule has 2 aliphatic rings. The molecule has 2 heterocycles. The lowest BCUT2D eigenvalue weighted by Crippen LogP contribution is -2.51. The van der Waals surface area contributed by atoms with Gasteiger partial charge >= 0.3 is 0 Å². The summed E-state index contributed by atoms with van der Waals surface area (Å²) >= 11 is 0. The molecule has 3 N–H and O–H groups in total. The van der Waals surface area contributed by atoms with Crippen molar-refractivity contribution in [2.75, 3.05) is 18.0 Å². The number of piperidine rings is 1. The fourth-order valence-corrected chi connectivity index (χ4v) is 4.01. The maximum atomic E-state index is 12.3. The zero-order valence-electron chi connectivity index (χ0n) is 18.1. The molecule has 1 atom stereocenters. The van der Waals surface area contributed by atoms with Gasteiger partial charge in [0.1, 0.15) is 17.2 Å². The number of amides is 1. The second-order valence-electron chi connectivity index (χ2n) is 8.55. The standard InChI is InChI=1S/C24H30N4O3/c1-3-24(2,31)23(30)25-16-12-14-28(15-13-16)22-17-8-4-6-10-19(17)26-21(27-22)18-9-5-7-11-20(18)29/h4-6,8-10,16,29,31H,3,7,11-15H2,1-2H3,(H,25,30). The zero-order chi connectivity index (χ0) is 22.0. The van der Waals surface area contributed by atoms with Gasteiger partial charge in [0.2, 0.25) is 0 Å². The fourth-order valence-electron chi connectivity index (χ4n) is 4.01. The Hall–Kier alpha value is -2.93. The Labute approximate surface area is 182 Å². The van der Waals surface area contributed by atoms with Crippen molar-refractivity contribution in [3.8, 4) is 0 Å². The largest absolute Gasteiger partial charge is 0.512 e. The van der Waals surface area contributed by atoms with Crippen molar-refractivity contribution < 1.29 is 15.0 Å². The highest BCUT2D eigenvalue weighted by molar-refractivity contribution is 5.91. The van der Waals surface area contributed by atoms with Crippen molar-refractivity contribution in [1.82, 2.24) is 15.3 Å². The number of aromatic nitrogens is 2. The number of benzene rings is 1. The average Bonchev–Trinajstić information content (AvgIpc) is 2.79. The number of anilines is 1. The van der Waals surface area contributed by atoms with Crippen LogP contribution in [-0.4, -0.2) is 50.8 Å². The van der Waals surface area contributed by atoms with Crippen LogP contribution < -0.4 is 10.2 Å². The molecule has 0 saturated carbocycles. The number of allylic oxidation sites excluding steroid dienone is 4. The van der Waals surface area contributed by atoms with Crippen LogP contribution in [0.15, 0.2) is 42.2 Å². The van der Waals surface area contributed by atoms with Gasteiger partial charge in [-0.15, -0.1) is 0 Å². The summed E-state index contributed by atoms with van der Waals surface area (Å²) in [5, 5.41) is 24.5. The van der Waals surface area contributed by atoms with Crippen LogP contribution >= 0.6 is 0 Å². The van der Waals surface area contributed by atoms with E-state index in [0.717, 1.165) is 49.1 Å². The lowest BCUT2D eigenvalue weighted by Gasteiger charge is -2.35. The van der Waals surface area contributed by atoms with E-state index in [4.69, 9.17) is 9.97 Å². The number of carbonyl (C=O) groups excluding carboxylic acids is 1. The minimum absolute atomic E-state index is 0.0300. The number of nitrogens with zero attached hydrogens (tertiary/aromatic N) is 3. The minimum atomic E-state index is -1.34. The topological polar surface area (TPSA) is 98.6 Å². The molecular formula is C24H30N4O3. The summed E-state index contributed by atoms with van der Waals surface area (Å²) < 4.78 is 0. The van der Waals surface area contributed by atoms with Crippen LogP contribution in [0.3, 0.4) is 0 Å². The van der Waals surface area contributed by atoms with E-state index in [1.807, 2.05) is 36.4 Å². The molecule has 1 unspecified atom stereocenters. The fraction of sp³-hybridized carbons (Fsp3) is 0.458. The number of nitrogens with one attached hydrogen (secondary N) is 1. The normalized spacial score (nSPS) is 19.5. The average molecular weight is 423 g/mol. The molecular weight excluding hydrogens is 392 g/mol. The van der Waals surface area contributed by atoms with E-state index in [1.54, 1.807) is 13.8 Å². The van der Waals surface area contributed by atoms with Crippen LogP contribution in [0.1, 0.15) is 51.8 Å². The number of hydrogen-bond acceptors (Lipinski definition) is 6. The summed E-state index contributed by atoms with van der Waals surface area (Å²) in [6.45, 7) is 4.83. The van der Waals surface area contributed by atoms with Crippen LogP contribution in [0.2, 0.25) is 0 Å². The van der Waals surface area contributed by atoms with Crippen LogP contribution in [0.25, 0.3) is 16.5 Å². The SMILES string of the molecule is CCC(C)(O)C(=O)NC1CCN(c2nc(C3=C(O)CCC=C3)nc3ccccc23)CC1. The van der Waals surface area contributed by atoms with Crippen LogP contribution in [0.4, 0.5) is 5.82 Å². The van der Waals surface area contributed by atoms with E-state index in [1.165, 1.54) is 0 Å². The number of carbonyl (C=O) groups is 1. The summed E-state index contributed by atoms with van der Waals surface area (Å²) in [7, 11) is 0. The molecule has 1 aliphatic carbocycles. The van der Waals surface area contributed by atoms with Gasteiger partial charge in [-0.3, -0.25) is 4.79 Å². The second kappa shape index (κ2) is 8.67. The van der Waals surface area contributed by atoms with E-state index >= 15 is 0 Å². The predicted molar refractivity (Wildman–Crippen MR) is 122 cm³/mol. The maximum absolute atomic E-state index is 12.3. The molecule has 31 heavy (non-hydrogen) atoms. The molecule has 1 amide bonds. The molecule has 0 bridgehead atoms. The molecule has 7 nitrogen and oxygen atoms in total. The van der Waals surface area contributed by atoms with Crippen molar-refractivity contribution in [1.29, 1.82) is 0 Å². The minimum Gasteiger partial charge on any atom is -0.512 e. The van der Waals surface area contributed by atoms with Gasteiger partial charge in [-0.05, 0) is 44.7 Å². The first kappa shape index (κ1) is 21.3. The van der Waals surface area contributed by atoms with E-state index < -0.39 is 5.60 Å². The molecule has 1 saturated heterocycles. The summed E-state index contributed by atoms with van der Waals surface area (Å²) in [5.74, 6) is 1.41. The molecule has 1 aliphatic heterocycles. The Bertz CT molecular complexity index is 1040. The Morgan fingerprint density at radius 3 is 2.71 bits per heavy atom. The third-order valence-electron chi connectivity index (χ3n) is 6.27. The summed E-state index contributed by atoms with van der Waals surface area (Å²) in [6, 6.07) is 7.95. The van der Waals surface area contributed by atoms with Crippen LogP contribution in [0.5, 0.6) is 0 Å². The monoisotopic (exact) mass is 422 g/mol. The lowest BCUT2D eigenvalue weighted by atomic mass is 9.99. The molecule has 2 aromatic rings. The van der Waals surface area contributed by atoms with Gasteiger partial charge in [0.05, 0.1) is 11.1 Å². The summed E-state index contributed by atoms with van der Waals surface area (Å²) in [6.07, 6.45) is 7.27. The third-order valence-corrected chi connectivity index (χ3v) is 6.27. The van der Waals surface area contributed by atoms with Gasteiger partial charge in [0.15, 0.2) is 5.82 Å². The van der Waals surface area contributed by atoms with Gasteiger partial charge in [-0.25, -0.2) is 9.97 Å². The van der Waals surface area contributed by atoms with Gasteiger partial charge in [0.25, 0.3) is 5.91 Å². The van der Waals surface area contributed by atoms with Crippen LogP contribution in [-0.2, 0) is 4.79 Å². The van der Waals surface area contributed by atoms with E-state index in [-0.39, 0.29) is 11.9 Å². The van der Waals surface area contributed by atoms with Crippen molar-refractivity contribution in [2.24, 2.45) is 0 Å². The highest BCUT2D eigenvalue weighted by Crippen LogP contribution is 2.31. The van der Waals surface area contributed by atoms with Crippen molar-refractivity contribution >= 4 is 28.2 Å².